The number of fused-ring (bicyclic) bond motifs is 1. The maximum Gasteiger partial charge on any atom is 0.323 e. The average molecular weight is 456 g/mol. The summed E-state index contributed by atoms with van der Waals surface area (Å²) in [4.78, 5) is 21.2. The highest BCUT2D eigenvalue weighted by atomic mass is 16.5. The minimum atomic E-state index is 0.253. The lowest BCUT2D eigenvalue weighted by molar-refractivity contribution is 0.312. The van der Waals surface area contributed by atoms with E-state index in [-0.39, 0.29) is 6.01 Å². The number of H-pyrrole nitrogens is 1. The molecule has 0 saturated heterocycles. The van der Waals surface area contributed by atoms with Crippen LogP contribution in [0.3, 0.4) is 0 Å². The molecule has 0 unspecified atom stereocenters. The van der Waals surface area contributed by atoms with E-state index in [2.05, 4.69) is 47.7 Å². The van der Waals surface area contributed by atoms with E-state index < -0.39 is 0 Å². The third-order valence-electron chi connectivity index (χ3n) is 5.16. The van der Waals surface area contributed by atoms with Crippen LogP contribution < -0.4 is 15.4 Å². The Morgan fingerprint density at radius 3 is 2.68 bits per heavy atom. The number of rotatable bonds is 10. The molecular weight excluding hydrogens is 430 g/mol. The Hall–Kier alpha value is -4.40. The Labute approximate surface area is 196 Å². The van der Waals surface area contributed by atoms with E-state index in [1.54, 1.807) is 6.26 Å². The molecule has 172 valence electrons. The van der Waals surface area contributed by atoms with Crippen molar-refractivity contribution < 1.29 is 9.15 Å². The number of benzene rings is 2. The van der Waals surface area contributed by atoms with Crippen LogP contribution in [-0.2, 0) is 19.4 Å². The van der Waals surface area contributed by atoms with E-state index in [0.717, 1.165) is 41.1 Å². The van der Waals surface area contributed by atoms with Crippen molar-refractivity contribution >= 4 is 28.6 Å². The van der Waals surface area contributed by atoms with Crippen LogP contribution in [0.5, 0.6) is 6.01 Å². The van der Waals surface area contributed by atoms with Crippen LogP contribution in [0.2, 0.25) is 0 Å². The van der Waals surface area contributed by atoms with Gasteiger partial charge >= 0.3 is 6.01 Å². The molecule has 0 radical (unpaired) electrons. The van der Waals surface area contributed by atoms with E-state index in [0.29, 0.717) is 25.0 Å². The van der Waals surface area contributed by atoms with Gasteiger partial charge in [0.25, 0.3) is 0 Å². The summed E-state index contributed by atoms with van der Waals surface area (Å²) < 4.78 is 10.9. The SMILES string of the molecule is CCOc1nc(NCc2ccco2)nc(Nc2cccc(CCc3nc4ccccc4[nH]3)c2)n1. The second-order valence-corrected chi connectivity index (χ2v) is 7.66. The number of aryl methyl sites for hydroxylation is 2. The first-order chi connectivity index (χ1) is 16.7. The fraction of sp³-hybridized carbons (Fsp3) is 0.200. The van der Waals surface area contributed by atoms with Gasteiger partial charge in [-0.2, -0.15) is 15.0 Å². The molecule has 34 heavy (non-hydrogen) atoms. The van der Waals surface area contributed by atoms with E-state index in [1.807, 2.05) is 55.5 Å². The molecule has 5 aromatic rings. The summed E-state index contributed by atoms with van der Waals surface area (Å²) in [5.74, 6) is 2.56. The van der Waals surface area contributed by atoms with Crippen molar-refractivity contribution in [2.24, 2.45) is 0 Å². The summed E-state index contributed by atoms with van der Waals surface area (Å²) in [5, 5.41) is 6.41. The van der Waals surface area contributed by atoms with Gasteiger partial charge in [0.2, 0.25) is 11.9 Å². The smallest absolute Gasteiger partial charge is 0.323 e. The summed E-state index contributed by atoms with van der Waals surface area (Å²) in [6.07, 6.45) is 3.30. The van der Waals surface area contributed by atoms with Crippen LogP contribution in [0.15, 0.2) is 71.3 Å². The minimum absolute atomic E-state index is 0.253. The van der Waals surface area contributed by atoms with Crippen molar-refractivity contribution in [2.75, 3.05) is 17.2 Å². The van der Waals surface area contributed by atoms with Gasteiger partial charge in [0, 0.05) is 12.1 Å². The average Bonchev–Trinajstić information content (AvgIpc) is 3.51. The summed E-state index contributed by atoms with van der Waals surface area (Å²) in [6, 6.07) is 20.2. The molecule has 3 aromatic heterocycles. The maximum atomic E-state index is 5.52. The van der Waals surface area contributed by atoms with Crippen molar-refractivity contribution in [2.45, 2.75) is 26.3 Å². The highest BCUT2D eigenvalue weighted by Gasteiger charge is 2.09. The van der Waals surface area contributed by atoms with Gasteiger partial charge in [0.1, 0.15) is 11.6 Å². The number of hydrogen-bond acceptors (Lipinski definition) is 8. The third kappa shape index (κ3) is 5.32. The molecule has 0 spiro atoms. The zero-order valence-electron chi connectivity index (χ0n) is 18.8. The number of imidazole rings is 1. The highest BCUT2D eigenvalue weighted by Crippen LogP contribution is 2.20. The molecule has 2 aromatic carbocycles. The summed E-state index contributed by atoms with van der Waals surface area (Å²) >= 11 is 0. The number of hydrogen-bond donors (Lipinski definition) is 3. The van der Waals surface area contributed by atoms with Gasteiger partial charge in [-0.3, -0.25) is 0 Å². The molecule has 5 rings (SSSR count). The predicted molar refractivity (Wildman–Crippen MR) is 130 cm³/mol. The lowest BCUT2D eigenvalue weighted by atomic mass is 10.1. The number of ether oxygens (including phenoxy) is 1. The molecule has 0 saturated carbocycles. The normalized spacial score (nSPS) is 11.0. The molecule has 0 aliphatic carbocycles. The Morgan fingerprint density at radius 2 is 1.82 bits per heavy atom. The Morgan fingerprint density at radius 1 is 0.912 bits per heavy atom. The largest absolute Gasteiger partial charge is 0.467 e. The monoisotopic (exact) mass is 455 g/mol. The Bertz CT molecular complexity index is 1330. The van der Waals surface area contributed by atoms with Gasteiger partial charge in [0.15, 0.2) is 0 Å². The fourth-order valence-electron chi connectivity index (χ4n) is 3.58. The van der Waals surface area contributed by atoms with Crippen molar-refractivity contribution in [3.63, 3.8) is 0 Å². The van der Waals surface area contributed by atoms with E-state index in [9.17, 15) is 0 Å². The molecule has 3 N–H and O–H groups in total. The molecule has 0 atom stereocenters. The number of nitrogens with one attached hydrogen (secondary N) is 3. The van der Waals surface area contributed by atoms with Gasteiger partial charge in [-0.25, -0.2) is 4.98 Å². The van der Waals surface area contributed by atoms with Crippen LogP contribution in [0, 0.1) is 0 Å². The Balaban J connectivity index is 1.27. The second-order valence-electron chi connectivity index (χ2n) is 7.66. The molecule has 0 bridgehead atoms. The first kappa shape index (κ1) is 21.4. The van der Waals surface area contributed by atoms with Gasteiger partial charge in [-0.05, 0) is 55.3 Å². The minimum Gasteiger partial charge on any atom is -0.467 e. The zero-order chi connectivity index (χ0) is 23.2. The van der Waals surface area contributed by atoms with Crippen molar-refractivity contribution in [3.05, 3.63) is 84.1 Å². The molecular formula is C25H25N7O2. The molecule has 9 heteroatoms. The number of para-hydroxylation sites is 2. The number of anilines is 3. The number of aromatic nitrogens is 5. The first-order valence-corrected chi connectivity index (χ1v) is 11.2. The van der Waals surface area contributed by atoms with Crippen molar-refractivity contribution in [3.8, 4) is 6.01 Å². The molecule has 0 fully saturated rings. The fourth-order valence-corrected chi connectivity index (χ4v) is 3.58. The molecule has 0 aliphatic rings. The van der Waals surface area contributed by atoms with Crippen LogP contribution in [0.4, 0.5) is 17.6 Å². The second kappa shape index (κ2) is 10.0. The van der Waals surface area contributed by atoms with E-state index >= 15 is 0 Å². The molecule has 9 nitrogen and oxygen atoms in total. The third-order valence-corrected chi connectivity index (χ3v) is 5.16. The topological polar surface area (TPSA) is 114 Å². The summed E-state index contributed by atoms with van der Waals surface area (Å²) in [7, 11) is 0. The Kier molecular flexibility index (Phi) is 6.33. The lowest BCUT2D eigenvalue weighted by Crippen LogP contribution is -2.09. The van der Waals surface area contributed by atoms with Crippen LogP contribution in [0.25, 0.3) is 11.0 Å². The van der Waals surface area contributed by atoms with E-state index in [4.69, 9.17) is 9.15 Å². The van der Waals surface area contributed by atoms with Gasteiger partial charge in [-0.15, -0.1) is 0 Å². The first-order valence-electron chi connectivity index (χ1n) is 11.2. The highest BCUT2D eigenvalue weighted by molar-refractivity contribution is 5.74. The van der Waals surface area contributed by atoms with E-state index in [1.165, 1.54) is 5.56 Å². The van der Waals surface area contributed by atoms with Crippen LogP contribution >= 0.6 is 0 Å². The van der Waals surface area contributed by atoms with Gasteiger partial charge in [0.05, 0.1) is 30.4 Å². The van der Waals surface area contributed by atoms with Gasteiger partial charge in [-0.1, -0.05) is 24.3 Å². The summed E-state index contributed by atoms with van der Waals surface area (Å²) in [6.45, 7) is 2.80. The van der Waals surface area contributed by atoms with Crippen molar-refractivity contribution in [1.82, 2.24) is 24.9 Å². The predicted octanol–water partition coefficient (Wildman–Crippen LogP) is 4.88. The number of nitrogens with zero attached hydrogens (tertiary/aromatic N) is 4. The maximum absolute atomic E-state index is 5.52. The molecule has 0 aliphatic heterocycles. The molecule has 0 amide bonds. The zero-order valence-corrected chi connectivity index (χ0v) is 18.8. The van der Waals surface area contributed by atoms with Crippen LogP contribution in [0.1, 0.15) is 24.1 Å². The summed E-state index contributed by atoms with van der Waals surface area (Å²) in [5.41, 5.74) is 4.11. The molecule has 3 heterocycles. The van der Waals surface area contributed by atoms with Gasteiger partial charge < -0.3 is 24.8 Å². The number of aromatic amines is 1. The number of furan rings is 1. The van der Waals surface area contributed by atoms with Crippen LogP contribution in [-0.4, -0.2) is 31.5 Å². The lowest BCUT2D eigenvalue weighted by Gasteiger charge is -2.10. The standard InChI is InChI=1S/C25H25N7O2/c1-2-33-25-31-23(26-16-19-9-6-14-34-19)30-24(32-25)27-18-8-5-7-17(15-18)12-13-22-28-20-10-3-4-11-21(20)29-22/h3-11,14-15H,2,12-13,16H2,1H3,(H,28,29)(H2,26,27,30,31,32). The quantitative estimate of drug-likeness (QED) is 0.273. The van der Waals surface area contributed by atoms with Crippen molar-refractivity contribution in [1.29, 1.82) is 0 Å².